The molecule has 2 N–H and O–H groups in total. The molecule has 5 aromatic rings. The van der Waals surface area contributed by atoms with Crippen molar-refractivity contribution in [2.45, 2.75) is 13.2 Å². The quantitative estimate of drug-likeness (QED) is 0.229. The third kappa shape index (κ3) is 6.88. The number of hydrogen-bond acceptors (Lipinski definition) is 10. The Hall–Kier alpha value is -3.93. The zero-order valence-corrected chi connectivity index (χ0v) is 22.3. The first-order valence-electron chi connectivity index (χ1n) is 11.9. The number of nitrogens with one attached hydrogen (secondary N) is 2. The SMILES string of the molecule is CS(=O)(=O)CCNCc1ncc(-c2cc3c(Nc4ccc(OCc5ccccc5)cc4)ncnc3cn2)s1. The predicted molar refractivity (Wildman–Crippen MR) is 150 cm³/mol. The van der Waals surface area contributed by atoms with Crippen LogP contribution in [0.25, 0.3) is 21.5 Å². The summed E-state index contributed by atoms with van der Waals surface area (Å²) in [6, 6.07) is 19.7. The second-order valence-electron chi connectivity index (χ2n) is 8.66. The Morgan fingerprint density at radius 1 is 0.947 bits per heavy atom. The number of pyridine rings is 1. The number of ether oxygens (including phenoxy) is 1. The van der Waals surface area contributed by atoms with Crippen molar-refractivity contribution in [2.24, 2.45) is 0 Å². The van der Waals surface area contributed by atoms with Gasteiger partial charge in [0.1, 0.15) is 39.3 Å². The fourth-order valence-electron chi connectivity index (χ4n) is 3.67. The molecule has 0 aliphatic carbocycles. The van der Waals surface area contributed by atoms with E-state index in [1.165, 1.54) is 23.9 Å². The van der Waals surface area contributed by atoms with Gasteiger partial charge in [0.2, 0.25) is 0 Å². The first kappa shape index (κ1) is 25.7. The molecule has 5 rings (SSSR count). The van der Waals surface area contributed by atoms with E-state index >= 15 is 0 Å². The average molecular weight is 547 g/mol. The molecular weight excluding hydrogens is 520 g/mol. The van der Waals surface area contributed by atoms with Gasteiger partial charge in [0.25, 0.3) is 0 Å². The number of aromatic nitrogens is 4. The molecule has 0 aliphatic heterocycles. The Balaban J connectivity index is 1.27. The maximum Gasteiger partial charge on any atom is 0.148 e. The summed E-state index contributed by atoms with van der Waals surface area (Å²) in [5, 5.41) is 8.18. The Kier molecular flexibility index (Phi) is 7.87. The molecule has 0 spiro atoms. The van der Waals surface area contributed by atoms with Crippen LogP contribution in [0.15, 0.2) is 79.4 Å². The number of anilines is 2. The number of rotatable bonds is 11. The molecule has 0 bridgehead atoms. The molecule has 0 unspecified atom stereocenters. The molecule has 0 saturated carbocycles. The highest BCUT2D eigenvalue weighted by atomic mass is 32.2. The zero-order valence-electron chi connectivity index (χ0n) is 20.7. The Labute approximate surface area is 224 Å². The normalized spacial score (nSPS) is 11.5. The lowest BCUT2D eigenvalue weighted by molar-refractivity contribution is 0.306. The van der Waals surface area contributed by atoms with Crippen molar-refractivity contribution in [3.05, 3.63) is 90.0 Å². The van der Waals surface area contributed by atoms with Gasteiger partial charge in [-0.1, -0.05) is 30.3 Å². The van der Waals surface area contributed by atoms with E-state index in [9.17, 15) is 8.42 Å². The molecule has 11 heteroatoms. The lowest BCUT2D eigenvalue weighted by Crippen LogP contribution is -2.21. The number of sulfone groups is 1. The molecule has 9 nitrogen and oxygen atoms in total. The Morgan fingerprint density at radius 3 is 2.55 bits per heavy atom. The van der Waals surface area contributed by atoms with Crippen molar-refractivity contribution in [1.82, 2.24) is 25.3 Å². The van der Waals surface area contributed by atoms with Crippen molar-refractivity contribution in [1.29, 1.82) is 0 Å². The second kappa shape index (κ2) is 11.6. The predicted octanol–water partition coefficient (Wildman–Crippen LogP) is 4.61. The maximum atomic E-state index is 11.3. The largest absolute Gasteiger partial charge is 0.489 e. The summed E-state index contributed by atoms with van der Waals surface area (Å²) in [7, 11) is -2.99. The molecule has 0 radical (unpaired) electrons. The smallest absolute Gasteiger partial charge is 0.148 e. The third-order valence-corrected chi connectivity index (χ3v) is 7.58. The third-order valence-electron chi connectivity index (χ3n) is 5.62. The molecule has 3 heterocycles. The summed E-state index contributed by atoms with van der Waals surface area (Å²) in [6.45, 7) is 1.39. The van der Waals surface area contributed by atoms with E-state index in [1.54, 1.807) is 12.4 Å². The Morgan fingerprint density at radius 2 is 1.76 bits per heavy atom. The van der Waals surface area contributed by atoms with Gasteiger partial charge in [0.15, 0.2) is 0 Å². The molecule has 0 saturated heterocycles. The first-order valence-corrected chi connectivity index (χ1v) is 14.8. The first-order chi connectivity index (χ1) is 18.4. The van der Waals surface area contributed by atoms with Gasteiger partial charge in [0.05, 0.1) is 28.0 Å². The number of fused-ring (bicyclic) bond motifs is 1. The van der Waals surface area contributed by atoms with Gasteiger partial charge in [-0.05, 0) is 35.9 Å². The number of nitrogens with zero attached hydrogens (tertiary/aromatic N) is 4. The van der Waals surface area contributed by atoms with Crippen molar-refractivity contribution in [3.63, 3.8) is 0 Å². The van der Waals surface area contributed by atoms with Crippen molar-refractivity contribution < 1.29 is 13.2 Å². The molecule has 3 aromatic heterocycles. The van der Waals surface area contributed by atoms with Crippen LogP contribution in [0, 0.1) is 0 Å². The van der Waals surface area contributed by atoms with E-state index < -0.39 is 9.84 Å². The summed E-state index contributed by atoms with van der Waals surface area (Å²) in [5.74, 6) is 1.55. The van der Waals surface area contributed by atoms with Crippen LogP contribution in [-0.4, -0.2) is 46.9 Å². The standard InChI is InChI=1S/C27H26N6O3S2/c1-38(34,35)12-11-28-16-26-30-15-25(37-26)23-13-22-24(14-29-23)31-18-32-27(22)33-20-7-9-21(10-8-20)36-17-19-5-3-2-4-6-19/h2-10,13-15,18,28H,11-12,16-17H2,1H3,(H,31,32,33). The molecule has 0 fully saturated rings. The summed E-state index contributed by atoms with van der Waals surface area (Å²) >= 11 is 1.51. The van der Waals surface area contributed by atoms with Crippen LogP contribution >= 0.6 is 11.3 Å². The van der Waals surface area contributed by atoms with Crippen LogP contribution in [0.2, 0.25) is 0 Å². The molecule has 0 atom stereocenters. The summed E-state index contributed by atoms with van der Waals surface area (Å²) in [6.07, 6.45) is 6.24. The fourth-order valence-corrected chi connectivity index (χ4v) is 5.04. The minimum absolute atomic E-state index is 0.0939. The lowest BCUT2D eigenvalue weighted by Gasteiger charge is -2.10. The van der Waals surface area contributed by atoms with Gasteiger partial charge in [-0.25, -0.2) is 23.4 Å². The van der Waals surface area contributed by atoms with Crippen LogP contribution in [0.1, 0.15) is 10.6 Å². The molecular formula is C27H26N6O3S2. The van der Waals surface area contributed by atoms with Gasteiger partial charge in [-0.2, -0.15) is 0 Å². The van der Waals surface area contributed by atoms with E-state index in [-0.39, 0.29) is 5.75 Å². The summed E-state index contributed by atoms with van der Waals surface area (Å²) in [4.78, 5) is 18.7. The topological polar surface area (TPSA) is 119 Å². The highest BCUT2D eigenvalue weighted by molar-refractivity contribution is 7.90. The molecule has 38 heavy (non-hydrogen) atoms. The maximum absolute atomic E-state index is 11.3. The monoisotopic (exact) mass is 546 g/mol. The van der Waals surface area contributed by atoms with E-state index in [4.69, 9.17) is 4.74 Å². The highest BCUT2D eigenvalue weighted by Crippen LogP contribution is 2.30. The number of thiazole rings is 1. The minimum Gasteiger partial charge on any atom is -0.489 e. The van der Waals surface area contributed by atoms with E-state index in [0.717, 1.165) is 43.5 Å². The van der Waals surface area contributed by atoms with E-state index in [1.807, 2.05) is 60.7 Å². The van der Waals surface area contributed by atoms with E-state index in [0.29, 0.717) is 25.5 Å². The molecule has 2 aromatic carbocycles. The van der Waals surface area contributed by atoms with E-state index in [2.05, 4.69) is 30.6 Å². The number of hydrogen-bond donors (Lipinski definition) is 2. The number of benzene rings is 2. The molecule has 194 valence electrons. The van der Waals surface area contributed by atoms with Crippen LogP contribution in [-0.2, 0) is 23.0 Å². The summed E-state index contributed by atoms with van der Waals surface area (Å²) in [5.41, 5.74) is 3.47. The van der Waals surface area contributed by atoms with Crippen molar-refractivity contribution in [3.8, 4) is 16.3 Å². The van der Waals surface area contributed by atoms with Gasteiger partial charge in [-0.15, -0.1) is 11.3 Å². The van der Waals surface area contributed by atoms with Crippen molar-refractivity contribution in [2.75, 3.05) is 23.9 Å². The molecule has 0 amide bonds. The second-order valence-corrected chi connectivity index (χ2v) is 12.0. The zero-order chi connectivity index (χ0) is 26.4. The van der Waals surface area contributed by atoms with Crippen LogP contribution in [0.5, 0.6) is 5.75 Å². The summed E-state index contributed by atoms with van der Waals surface area (Å²) < 4.78 is 28.5. The van der Waals surface area contributed by atoms with Gasteiger partial charge in [0, 0.05) is 36.6 Å². The van der Waals surface area contributed by atoms with Gasteiger partial charge >= 0.3 is 0 Å². The van der Waals surface area contributed by atoms with Crippen LogP contribution < -0.4 is 15.4 Å². The van der Waals surface area contributed by atoms with Gasteiger partial charge < -0.3 is 15.4 Å². The average Bonchev–Trinajstić information content (AvgIpc) is 3.40. The lowest BCUT2D eigenvalue weighted by atomic mass is 10.2. The van der Waals surface area contributed by atoms with Gasteiger partial charge in [-0.3, -0.25) is 4.98 Å². The highest BCUT2D eigenvalue weighted by Gasteiger charge is 2.11. The minimum atomic E-state index is -2.99. The Bertz CT molecular complexity index is 1620. The van der Waals surface area contributed by atoms with Crippen molar-refractivity contribution >= 4 is 43.6 Å². The molecule has 0 aliphatic rings. The van der Waals surface area contributed by atoms with Crippen LogP contribution in [0.3, 0.4) is 0 Å². The fraction of sp³-hybridized carbons (Fsp3) is 0.185. The van der Waals surface area contributed by atoms with Crippen LogP contribution in [0.4, 0.5) is 11.5 Å².